The molecule has 112 valence electrons. The number of ether oxygens (including phenoxy) is 1. The molecule has 0 radical (unpaired) electrons. The molecule has 2 N–H and O–H groups in total. The Morgan fingerprint density at radius 2 is 1.75 bits per heavy atom. The lowest BCUT2D eigenvalue weighted by Gasteiger charge is -2.23. The third-order valence-electron chi connectivity index (χ3n) is 3.88. The van der Waals surface area contributed by atoms with Gasteiger partial charge in [0.05, 0.1) is 0 Å². The first-order valence-corrected chi connectivity index (χ1v) is 7.07. The van der Waals surface area contributed by atoms with Crippen molar-refractivity contribution in [2.75, 3.05) is 0 Å². The maximum atomic E-state index is 12.2. The standard InChI is InChI=1S/C15H20F3NO/c16-15(17,18)20-13-9-5-8-12(10-13)14(19)11-6-3-1-2-4-7-11/h5,8-11,14H,1-4,6-7,19H2. The Bertz CT molecular complexity index is 425. The molecule has 5 heteroatoms. The van der Waals surface area contributed by atoms with Crippen LogP contribution in [0.3, 0.4) is 0 Å². The summed E-state index contributed by atoms with van der Waals surface area (Å²) in [5.41, 5.74) is 6.96. The Labute approximate surface area is 117 Å². The lowest BCUT2D eigenvalue weighted by Crippen LogP contribution is -2.22. The van der Waals surface area contributed by atoms with Crippen molar-refractivity contribution < 1.29 is 17.9 Å². The van der Waals surface area contributed by atoms with E-state index >= 15 is 0 Å². The van der Waals surface area contributed by atoms with E-state index in [2.05, 4.69) is 4.74 Å². The van der Waals surface area contributed by atoms with Crippen molar-refractivity contribution in [3.63, 3.8) is 0 Å². The highest BCUT2D eigenvalue weighted by Gasteiger charge is 2.31. The van der Waals surface area contributed by atoms with Crippen LogP contribution in [0.5, 0.6) is 5.75 Å². The molecule has 0 amide bonds. The van der Waals surface area contributed by atoms with Gasteiger partial charge in [0.25, 0.3) is 0 Å². The molecule has 0 heterocycles. The first kappa shape index (κ1) is 15.2. The van der Waals surface area contributed by atoms with Crippen LogP contribution in [0.4, 0.5) is 13.2 Å². The molecule has 2 nitrogen and oxygen atoms in total. The van der Waals surface area contributed by atoms with Gasteiger partial charge in [-0.05, 0) is 36.5 Å². The second-order valence-corrected chi connectivity index (χ2v) is 5.40. The normalized spacial score (nSPS) is 19.4. The second kappa shape index (κ2) is 6.48. The number of hydrogen-bond donors (Lipinski definition) is 1. The van der Waals surface area contributed by atoms with Crippen molar-refractivity contribution in [1.29, 1.82) is 0 Å². The van der Waals surface area contributed by atoms with Crippen LogP contribution in [0.15, 0.2) is 24.3 Å². The largest absolute Gasteiger partial charge is 0.573 e. The Balaban J connectivity index is 2.09. The molecule has 1 aliphatic rings. The topological polar surface area (TPSA) is 35.2 Å². The van der Waals surface area contributed by atoms with Gasteiger partial charge in [-0.25, -0.2) is 0 Å². The van der Waals surface area contributed by atoms with E-state index in [0.29, 0.717) is 5.92 Å². The second-order valence-electron chi connectivity index (χ2n) is 5.40. The molecule has 0 saturated heterocycles. The molecule has 2 rings (SSSR count). The van der Waals surface area contributed by atoms with Gasteiger partial charge in [-0.15, -0.1) is 13.2 Å². The van der Waals surface area contributed by atoms with Crippen LogP contribution in [0, 0.1) is 5.92 Å². The van der Waals surface area contributed by atoms with E-state index in [1.165, 1.54) is 25.0 Å². The SMILES string of the molecule is NC(c1cccc(OC(F)(F)F)c1)C1CCCCCC1. The third kappa shape index (κ3) is 4.40. The van der Waals surface area contributed by atoms with Crippen molar-refractivity contribution in [2.24, 2.45) is 11.7 Å². The van der Waals surface area contributed by atoms with Crippen LogP contribution < -0.4 is 10.5 Å². The molecule has 1 aromatic carbocycles. The van der Waals surface area contributed by atoms with Crippen LogP contribution in [-0.2, 0) is 0 Å². The van der Waals surface area contributed by atoms with Crippen molar-refractivity contribution >= 4 is 0 Å². The molecule has 1 saturated carbocycles. The molecule has 1 aliphatic carbocycles. The highest BCUT2D eigenvalue weighted by molar-refractivity contribution is 5.31. The molecule has 0 aliphatic heterocycles. The summed E-state index contributed by atoms with van der Waals surface area (Å²) in [5, 5.41) is 0. The fourth-order valence-electron chi connectivity index (χ4n) is 2.86. The zero-order valence-electron chi connectivity index (χ0n) is 11.3. The average Bonchev–Trinajstić information content (AvgIpc) is 2.65. The van der Waals surface area contributed by atoms with Crippen LogP contribution >= 0.6 is 0 Å². The van der Waals surface area contributed by atoms with Crippen molar-refractivity contribution in [3.8, 4) is 5.75 Å². The highest BCUT2D eigenvalue weighted by atomic mass is 19.4. The van der Waals surface area contributed by atoms with Crippen molar-refractivity contribution in [2.45, 2.75) is 50.9 Å². The van der Waals surface area contributed by atoms with Gasteiger partial charge in [-0.1, -0.05) is 37.8 Å². The summed E-state index contributed by atoms with van der Waals surface area (Å²) in [6, 6.07) is 5.83. The van der Waals surface area contributed by atoms with Gasteiger partial charge in [-0.2, -0.15) is 0 Å². The predicted octanol–water partition coefficient (Wildman–Crippen LogP) is 4.56. The van der Waals surface area contributed by atoms with Crippen LogP contribution in [0.2, 0.25) is 0 Å². The third-order valence-corrected chi connectivity index (χ3v) is 3.88. The summed E-state index contributed by atoms with van der Waals surface area (Å²) in [4.78, 5) is 0. The summed E-state index contributed by atoms with van der Waals surface area (Å²) in [6.45, 7) is 0. The molecule has 0 bridgehead atoms. The molecular formula is C15H20F3NO. The van der Waals surface area contributed by atoms with Crippen LogP contribution in [0.25, 0.3) is 0 Å². The maximum absolute atomic E-state index is 12.2. The predicted molar refractivity (Wildman–Crippen MR) is 71.2 cm³/mol. The molecule has 0 aromatic heterocycles. The fraction of sp³-hybridized carbons (Fsp3) is 0.600. The first-order chi connectivity index (χ1) is 9.46. The zero-order valence-corrected chi connectivity index (χ0v) is 11.3. The van der Waals surface area contributed by atoms with Crippen LogP contribution in [-0.4, -0.2) is 6.36 Å². The van der Waals surface area contributed by atoms with E-state index in [1.807, 2.05) is 0 Å². The van der Waals surface area contributed by atoms with Gasteiger partial charge in [-0.3, -0.25) is 0 Å². The van der Waals surface area contributed by atoms with Crippen molar-refractivity contribution in [1.82, 2.24) is 0 Å². The quantitative estimate of drug-likeness (QED) is 0.827. The number of hydrogen-bond acceptors (Lipinski definition) is 2. The summed E-state index contributed by atoms with van der Waals surface area (Å²) < 4.78 is 40.6. The number of rotatable bonds is 3. The molecule has 1 fully saturated rings. The number of benzene rings is 1. The van der Waals surface area contributed by atoms with Gasteiger partial charge >= 0.3 is 6.36 Å². The monoisotopic (exact) mass is 287 g/mol. The molecule has 1 aromatic rings. The summed E-state index contributed by atoms with van der Waals surface area (Å²) in [5.74, 6) is 0.151. The summed E-state index contributed by atoms with van der Waals surface area (Å²) in [6.07, 6.45) is 2.18. The van der Waals surface area contributed by atoms with E-state index in [1.54, 1.807) is 12.1 Å². The number of nitrogens with two attached hydrogens (primary N) is 1. The van der Waals surface area contributed by atoms with Crippen LogP contribution in [0.1, 0.15) is 50.1 Å². The summed E-state index contributed by atoms with van der Waals surface area (Å²) in [7, 11) is 0. The molecular weight excluding hydrogens is 267 g/mol. The number of halogens is 3. The minimum Gasteiger partial charge on any atom is -0.406 e. The maximum Gasteiger partial charge on any atom is 0.573 e. The van der Waals surface area contributed by atoms with Gasteiger partial charge in [0, 0.05) is 6.04 Å². The highest BCUT2D eigenvalue weighted by Crippen LogP contribution is 2.33. The van der Waals surface area contributed by atoms with E-state index in [-0.39, 0.29) is 11.8 Å². The van der Waals surface area contributed by atoms with E-state index in [9.17, 15) is 13.2 Å². The Hall–Kier alpha value is -1.23. The molecule has 0 spiro atoms. The minimum absolute atomic E-state index is 0.195. The van der Waals surface area contributed by atoms with Crippen molar-refractivity contribution in [3.05, 3.63) is 29.8 Å². The van der Waals surface area contributed by atoms with Gasteiger partial charge < -0.3 is 10.5 Å². The lowest BCUT2D eigenvalue weighted by atomic mass is 9.88. The van der Waals surface area contributed by atoms with Gasteiger partial charge in [0.1, 0.15) is 5.75 Å². The van der Waals surface area contributed by atoms with E-state index in [0.717, 1.165) is 31.2 Å². The molecule has 20 heavy (non-hydrogen) atoms. The lowest BCUT2D eigenvalue weighted by molar-refractivity contribution is -0.274. The Kier molecular flexibility index (Phi) is 4.91. The molecule has 1 atom stereocenters. The Morgan fingerprint density at radius 3 is 2.35 bits per heavy atom. The fourth-order valence-corrected chi connectivity index (χ4v) is 2.86. The van der Waals surface area contributed by atoms with E-state index < -0.39 is 6.36 Å². The Morgan fingerprint density at radius 1 is 1.10 bits per heavy atom. The smallest absolute Gasteiger partial charge is 0.406 e. The molecule has 1 unspecified atom stereocenters. The van der Waals surface area contributed by atoms with Gasteiger partial charge in [0.15, 0.2) is 0 Å². The minimum atomic E-state index is -4.66. The van der Waals surface area contributed by atoms with Gasteiger partial charge in [0.2, 0.25) is 0 Å². The van der Waals surface area contributed by atoms with E-state index in [4.69, 9.17) is 5.73 Å². The zero-order chi connectivity index (χ0) is 14.6. The first-order valence-electron chi connectivity index (χ1n) is 7.07. The number of alkyl halides is 3. The summed E-state index contributed by atoms with van der Waals surface area (Å²) >= 11 is 0. The average molecular weight is 287 g/mol.